The summed E-state index contributed by atoms with van der Waals surface area (Å²) < 4.78 is 26.3. The van der Waals surface area contributed by atoms with Gasteiger partial charge in [0.1, 0.15) is 17.2 Å². The summed E-state index contributed by atoms with van der Waals surface area (Å²) in [6, 6.07) is 4.33. The Morgan fingerprint density at radius 3 is 2.53 bits per heavy atom. The van der Waals surface area contributed by atoms with Crippen LogP contribution in [-0.2, 0) is 37.7 Å². The molecule has 0 spiro atoms. The van der Waals surface area contributed by atoms with Crippen molar-refractivity contribution in [1.82, 2.24) is 24.7 Å². The molecule has 2 aromatic rings. The van der Waals surface area contributed by atoms with E-state index in [0.717, 1.165) is 9.47 Å². The Bertz CT molecular complexity index is 1360. The van der Waals surface area contributed by atoms with Crippen LogP contribution in [0, 0.1) is 12.7 Å². The number of carbonyl (C=O) groups is 3. The third-order valence-corrected chi connectivity index (χ3v) is 7.25. The lowest BCUT2D eigenvalue weighted by Crippen LogP contribution is -2.58. The number of carbonyl (C=O) groups excluding carboxylic acids is 3. The molecule has 2 atom stereocenters. The molecule has 3 amide bonds. The van der Waals surface area contributed by atoms with Gasteiger partial charge in [-0.05, 0) is 30.5 Å². The normalized spacial score (nSPS) is 21.8. The average molecular weight is 532 g/mol. The number of aryl methyl sites for hydroxylation is 1. The summed E-state index contributed by atoms with van der Waals surface area (Å²) >= 11 is 0. The van der Waals surface area contributed by atoms with Gasteiger partial charge < -0.3 is 29.7 Å². The molecule has 2 unspecified atom stereocenters. The van der Waals surface area contributed by atoms with Crippen molar-refractivity contribution in [2.24, 2.45) is 0 Å². The lowest BCUT2D eigenvalue weighted by atomic mass is 9.87. The lowest BCUT2D eigenvalue weighted by molar-refractivity contribution is -0.266. The van der Waals surface area contributed by atoms with E-state index in [2.05, 4.69) is 10.3 Å². The average Bonchev–Trinajstić information content (AvgIpc) is 3.14. The van der Waals surface area contributed by atoms with Gasteiger partial charge in [-0.3, -0.25) is 23.7 Å². The maximum atomic E-state index is 13.6. The van der Waals surface area contributed by atoms with Crippen molar-refractivity contribution in [1.29, 1.82) is 0 Å². The van der Waals surface area contributed by atoms with E-state index in [1.807, 2.05) is 0 Å². The number of amides is 3. The van der Waals surface area contributed by atoms with Gasteiger partial charge in [-0.25, -0.2) is 9.37 Å². The number of nitrogens with zero attached hydrogens (tertiary/aromatic N) is 4. The number of rotatable bonds is 5. The van der Waals surface area contributed by atoms with Crippen molar-refractivity contribution in [3.05, 3.63) is 57.0 Å². The van der Waals surface area contributed by atoms with Crippen molar-refractivity contribution < 1.29 is 33.4 Å². The van der Waals surface area contributed by atoms with Gasteiger partial charge in [0, 0.05) is 41.2 Å². The van der Waals surface area contributed by atoms with E-state index in [-0.39, 0.29) is 44.2 Å². The zero-order valence-electron chi connectivity index (χ0n) is 21.8. The zero-order chi connectivity index (χ0) is 28.0. The largest absolute Gasteiger partial charge is 0.501 e. The fourth-order valence-electron chi connectivity index (χ4n) is 4.79. The van der Waals surface area contributed by atoms with Gasteiger partial charge in [0.25, 0.3) is 11.5 Å². The van der Waals surface area contributed by atoms with Gasteiger partial charge in [-0.15, -0.1) is 0 Å². The van der Waals surface area contributed by atoms with Crippen LogP contribution in [-0.4, -0.2) is 82.8 Å². The molecule has 1 saturated heterocycles. The molecule has 2 N–H and O–H groups in total. The van der Waals surface area contributed by atoms with Gasteiger partial charge in [0.15, 0.2) is 11.5 Å². The van der Waals surface area contributed by atoms with E-state index < -0.39 is 46.1 Å². The smallest absolute Gasteiger partial charge is 0.312 e. The maximum Gasteiger partial charge on any atom is 0.312 e. The Kier molecular flexibility index (Phi) is 7.01. The van der Waals surface area contributed by atoms with E-state index in [1.165, 1.54) is 45.3 Å². The minimum atomic E-state index is -1.41. The zero-order valence-corrected chi connectivity index (χ0v) is 21.8. The minimum absolute atomic E-state index is 0.0121. The highest BCUT2D eigenvalue weighted by molar-refractivity contribution is 6.34. The molecule has 5 rings (SSSR count). The Hall–Kier alpha value is -3.84. The number of hydrogen-bond donors (Lipinski definition) is 2. The second-order valence-electron chi connectivity index (χ2n) is 9.79. The molecule has 204 valence electrons. The van der Waals surface area contributed by atoms with Crippen LogP contribution in [0.3, 0.4) is 0 Å². The Morgan fingerprint density at radius 1 is 1.24 bits per heavy atom. The quantitative estimate of drug-likeness (QED) is 0.522. The van der Waals surface area contributed by atoms with Crippen LogP contribution in [0.5, 0.6) is 5.75 Å². The van der Waals surface area contributed by atoms with Crippen LogP contribution in [0.1, 0.15) is 40.3 Å². The van der Waals surface area contributed by atoms with Crippen LogP contribution >= 0.6 is 0 Å². The van der Waals surface area contributed by atoms with Crippen LogP contribution in [0.15, 0.2) is 23.0 Å². The first-order valence-electron chi connectivity index (χ1n) is 11.9. The van der Waals surface area contributed by atoms with Crippen molar-refractivity contribution in [2.75, 3.05) is 34.9 Å². The highest BCUT2D eigenvalue weighted by atomic mass is 19.1. The van der Waals surface area contributed by atoms with E-state index in [9.17, 15) is 28.7 Å². The molecule has 3 aliphatic heterocycles. The van der Waals surface area contributed by atoms with Gasteiger partial charge >= 0.3 is 11.8 Å². The van der Waals surface area contributed by atoms with Crippen molar-refractivity contribution in [2.45, 2.75) is 44.2 Å². The van der Waals surface area contributed by atoms with Gasteiger partial charge in [0.2, 0.25) is 5.75 Å². The first-order chi connectivity index (χ1) is 17.9. The third kappa shape index (κ3) is 4.41. The summed E-state index contributed by atoms with van der Waals surface area (Å²) in [6.07, 6.45) is 0.448. The highest BCUT2D eigenvalue weighted by Gasteiger charge is 2.56. The molecule has 0 aliphatic carbocycles. The summed E-state index contributed by atoms with van der Waals surface area (Å²) in [5.74, 6) is -5.02. The molecule has 0 saturated carbocycles. The number of aromatic hydroxyl groups is 1. The maximum absolute atomic E-state index is 13.6. The van der Waals surface area contributed by atoms with Crippen LogP contribution < -0.4 is 10.9 Å². The third-order valence-electron chi connectivity index (χ3n) is 7.25. The second-order valence-corrected chi connectivity index (χ2v) is 9.79. The lowest BCUT2D eigenvalue weighted by Gasteiger charge is -2.45. The molecular weight excluding hydrogens is 501 g/mol. The predicted molar refractivity (Wildman–Crippen MR) is 131 cm³/mol. The van der Waals surface area contributed by atoms with Gasteiger partial charge in [-0.2, -0.15) is 0 Å². The number of nitrogens with one attached hydrogen (secondary N) is 1. The molecular formula is C25H30FN5O7. The van der Waals surface area contributed by atoms with Gasteiger partial charge in [0.05, 0.1) is 13.2 Å². The van der Waals surface area contributed by atoms with E-state index in [0.29, 0.717) is 11.1 Å². The van der Waals surface area contributed by atoms with Gasteiger partial charge in [-0.1, -0.05) is 12.1 Å². The molecule has 3 aliphatic rings. The van der Waals surface area contributed by atoms with E-state index in [4.69, 9.17) is 9.47 Å². The summed E-state index contributed by atoms with van der Waals surface area (Å²) in [5.41, 5.74) is -1.88. The summed E-state index contributed by atoms with van der Waals surface area (Å²) in [4.78, 5) is 58.8. The molecule has 4 heterocycles. The Balaban J connectivity index is 1.78. The fourth-order valence-corrected chi connectivity index (χ4v) is 4.79. The molecule has 2 bridgehead atoms. The Labute approximate surface area is 218 Å². The van der Waals surface area contributed by atoms with E-state index in [1.54, 1.807) is 13.0 Å². The number of aromatic nitrogens is 2. The molecule has 0 radical (unpaired) electrons. The second kappa shape index (κ2) is 9.80. The van der Waals surface area contributed by atoms with Crippen molar-refractivity contribution >= 4 is 17.7 Å². The molecule has 13 heteroatoms. The number of halogens is 1. The molecule has 1 aromatic carbocycles. The number of methoxy groups -OCH3 is 1. The monoisotopic (exact) mass is 531 g/mol. The molecule has 12 nitrogen and oxygen atoms in total. The fraction of sp³-hybridized carbons (Fsp3) is 0.480. The minimum Gasteiger partial charge on any atom is -0.501 e. The SMILES string of the molecule is COC12CCC(N(C)C(=O)C(=O)N(C)C)(CO1)c1nc(C(=O)NCc3ccc(F)c(C)c3)c(O)c(=O)n1C2. The highest BCUT2D eigenvalue weighted by Crippen LogP contribution is 2.45. The first-order valence-corrected chi connectivity index (χ1v) is 11.9. The predicted octanol–water partition coefficient (Wildman–Crippen LogP) is 0.235. The first kappa shape index (κ1) is 27.2. The summed E-state index contributed by atoms with van der Waals surface area (Å²) in [5, 5.41) is 13.3. The Morgan fingerprint density at radius 2 is 1.95 bits per heavy atom. The topological polar surface area (TPSA) is 143 Å². The molecule has 1 aromatic heterocycles. The van der Waals surface area contributed by atoms with Crippen molar-refractivity contribution in [3.63, 3.8) is 0 Å². The summed E-state index contributed by atoms with van der Waals surface area (Å²) in [7, 11) is 5.69. The number of likely N-dealkylation sites (N-methyl/N-ethyl adjacent to an activating group) is 2. The number of ether oxygens (including phenoxy) is 2. The van der Waals surface area contributed by atoms with Crippen LogP contribution in [0.4, 0.5) is 4.39 Å². The number of benzene rings is 1. The summed E-state index contributed by atoms with van der Waals surface area (Å²) in [6.45, 7) is 1.25. The van der Waals surface area contributed by atoms with Crippen LogP contribution in [0.2, 0.25) is 0 Å². The standard InChI is InChI=1S/C25H30FN5O7/c1-14-10-15(6-7-16(14)26)11-27-19(33)17-18(32)20(34)31-12-25(37-5)9-8-24(13-38-25,23(31)28-17)30(4)22(36)21(35)29(2)3/h6-7,10,32H,8-9,11-13H2,1-5H3,(H,27,33). The number of hydrogen-bond acceptors (Lipinski definition) is 8. The molecule has 38 heavy (non-hydrogen) atoms. The van der Waals surface area contributed by atoms with Crippen molar-refractivity contribution in [3.8, 4) is 5.75 Å². The molecule has 1 fully saturated rings. The van der Waals surface area contributed by atoms with Crippen LogP contribution in [0.25, 0.3) is 0 Å². The number of fused-ring (bicyclic) bond motifs is 2. The van der Waals surface area contributed by atoms with E-state index >= 15 is 0 Å².